The first-order chi connectivity index (χ1) is 28.0. The van der Waals surface area contributed by atoms with E-state index >= 15 is 0 Å². The van der Waals surface area contributed by atoms with Crippen molar-refractivity contribution < 1.29 is 25.8 Å². The van der Waals surface area contributed by atoms with Crippen molar-refractivity contribution in [1.82, 2.24) is 9.97 Å². The van der Waals surface area contributed by atoms with Gasteiger partial charge in [0.25, 0.3) is 0 Å². The van der Waals surface area contributed by atoms with Crippen molar-refractivity contribution in [3.8, 4) is 11.5 Å². The molecule has 0 aliphatic carbocycles. The van der Waals surface area contributed by atoms with E-state index in [-0.39, 0.29) is 31.9 Å². The molecule has 0 saturated carbocycles. The molecule has 0 fully saturated rings. The number of hydrogen-bond acceptors (Lipinski definition) is 3. The van der Waals surface area contributed by atoms with Crippen LogP contribution in [-0.4, -0.2) is 9.97 Å². The zero-order valence-electron chi connectivity index (χ0n) is 34.0. The first-order valence-corrected chi connectivity index (χ1v) is 20.2. The molecule has 288 valence electrons. The molecule has 0 atom stereocenters. The minimum absolute atomic E-state index is 0. The molecular formula is C55H42N2OPt. The maximum Gasteiger partial charge on any atom is 2.00 e. The van der Waals surface area contributed by atoms with Crippen LogP contribution >= 0.6 is 0 Å². The molecule has 0 spiro atoms. The van der Waals surface area contributed by atoms with E-state index in [1.165, 1.54) is 32.7 Å². The van der Waals surface area contributed by atoms with Crippen molar-refractivity contribution in [1.29, 1.82) is 0 Å². The summed E-state index contributed by atoms with van der Waals surface area (Å²) in [6.45, 7) is 13.6. The number of hydrogen-bond donors (Lipinski definition) is 0. The first-order valence-electron chi connectivity index (χ1n) is 20.2. The van der Waals surface area contributed by atoms with Crippen LogP contribution in [-0.2, 0) is 37.3 Å². The molecule has 0 amide bonds. The van der Waals surface area contributed by atoms with Crippen LogP contribution in [0.2, 0.25) is 0 Å². The van der Waals surface area contributed by atoms with Crippen LogP contribution in [0.1, 0.15) is 75.2 Å². The summed E-state index contributed by atoms with van der Waals surface area (Å²) >= 11 is 0. The van der Waals surface area contributed by atoms with Crippen LogP contribution in [0.3, 0.4) is 0 Å². The Morgan fingerprint density at radius 1 is 0.441 bits per heavy atom. The molecule has 0 radical (unpaired) electrons. The summed E-state index contributed by atoms with van der Waals surface area (Å²) < 4.78 is 6.97. The molecule has 0 bridgehead atoms. The van der Waals surface area contributed by atoms with Gasteiger partial charge in [-0.05, 0) is 90.9 Å². The van der Waals surface area contributed by atoms with Gasteiger partial charge in [0.05, 0.1) is 11.4 Å². The molecule has 11 rings (SSSR count). The largest absolute Gasteiger partial charge is 2.00 e. The van der Waals surface area contributed by atoms with Gasteiger partial charge in [0.1, 0.15) is 16.9 Å². The Morgan fingerprint density at radius 3 is 1.24 bits per heavy atom. The van der Waals surface area contributed by atoms with E-state index in [1.807, 2.05) is 12.1 Å². The number of benzene rings is 8. The fraction of sp³-hybridized carbons (Fsp3) is 0.164. The summed E-state index contributed by atoms with van der Waals surface area (Å²) in [5, 5.41) is 11.2. The van der Waals surface area contributed by atoms with Gasteiger partial charge in [0.2, 0.25) is 0 Å². The molecule has 0 saturated heterocycles. The van der Waals surface area contributed by atoms with Gasteiger partial charge in [-0.1, -0.05) is 136 Å². The Hall–Kier alpha value is -5.89. The third-order valence-corrected chi connectivity index (χ3v) is 12.5. The van der Waals surface area contributed by atoms with Gasteiger partial charge in [-0.2, -0.15) is 0 Å². The Balaban J connectivity index is 0.00000420. The van der Waals surface area contributed by atoms with Crippen molar-refractivity contribution in [3.63, 3.8) is 0 Å². The van der Waals surface area contributed by atoms with Crippen LogP contribution in [0.25, 0.3) is 64.9 Å². The summed E-state index contributed by atoms with van der Waals surface area (Å²) in [6, 6.07) is 59.5. The van der Waals surface area contributed by atoms with Gasteiger partial charge in [-0.15, -0.1) is 59.3 Å². The number of rotatable bonds is 2. The van der Waals surface area contributed by atoms with Crippen LogP contribution in [0.4, 0.5) is 0 Å². The average molecular weight is 942 g/mol. The normalized spacial score (nSPS) is 13.7. The first kappa shape index (κ1) is 37.4. The zero-order valence-corrected chi connectivity index (χ0v) is 36.2. The summed E-state index contributed by atoms with van der Waals surface area (Å²) in [5.41, 5.74) is 6.86. The molecule has 1 aliphatic rings. The van der Waals surface area contributed by atoms with Crippen molar-refractivity contribution >= 4 is 64.9 Å². The second-order valence-electron chi connectivity index (χ2n) is 18.0. The third-order valence-electron chi connectivity index (χ3n) is 12.5. The topological polar surface area (TPSA) is 35.0 Å². The van der Waals surface area contributed by atoms with E-state index in [4.69, 9.17) is 14.7 Å². The van der Waals surface area contributed by atoms with Gasteiger partial charge < -0.3 is 4.74 Å². The maximum absolute atomic E-state index is 6.97. The molecular weight excluding hydrogens is 900 g/mol. The van der Waals surface area contributed by atoms with Crippen molar-refractivity contribution in [2.24, 2.45) is 0 Å². The number of nitrogens with zero attached hydrogens (tertiary/aromatic N) is 2. The van der Waals surface area contributed by atoms with E-state index in [0.717, 1.165) is 77.4 Å². The van der Waals surface area contributed by atoms with Gasteiger partial charge in [0.15, 0.2) is 0 Å². The molecule has 3 heterocycles. The van der Waals surface area contributed by atoms with E-state index in [0.29, 0.717) is 0 Å². The van der Waals surface area contributed by atoms with E-state index in [1.54, 1.807) is 0 Å². The van der Waals surface area contributed by atoms with Gasteiger partial charge in [-0.25, -0.2) is 0 Å². The zero-order chi connectivity index (χ0) is 39.6. The summed E-state index contributed by atoms with van der Waals surface area (Å²) in [6.07, 6.45) is 0. The molecule has 0 N–H and O–H groups in total. The Bertz CT molecular complexity index is 3060. The number of pyridine rings is 2. The Labute approximate surface area is 359 Å². The van der Waals surface area contributed by atoms with Gasteiger partial charge >= 0.3 is 21.1 Å². The molecule has 4 heteroatoms. The maximum atomic E-state index is 6.97. The SMILES string of the molecule is CC(C)(C)c1ccc2c(c1)C(c1ccc3c4ccccc4c4ccc[c-]c4c3n1)(c1ccc3c4ccccc4c4ccc[c-]c4c3n1)c1cc(C(C)(C)C)ccc1O2.[Pt+2]. The van der Waals surface area contributed by atoms with Crippen LogP contribution in [0, 0.1) is 12.1 Å². The molecule has 59 heavy (non-hydrogen) atoms. The van der Waals surface area contributed by atoms with Crippen LogP contribution in [0.15, 0.2) is 146 Å². The molecule has 10 aromatic rings. The van der Waals surface area contributed by atoms with Crippen LogP contribution < -0.4 is 4.74 Å². The quantitative estimate of drug-likeness (QED) is 0.128. The summed E-state index contributed by atoms with van der Waals surface area (Å²) in [5.74, 6) is 1.61. The average Bonchev–Trinajstić information content (AvgIpc) is 3.24. The monoisotopic (exact) mass is 941 g/mol. The number of fused-ring (bicyclic) bond motifs is 14. The predicted octanol–water partition coefficient (Wildman–Crippen LogP) is 14.1. The molecule has 2 aromatic heterocycles. The minimum Gasteiger partial charge on any atom is -0.457 e. The predicted molar refractivity (Wildman–Crippen MR) is 241 cm³/mol. The minimum atomic E-state index is -0.979. The molecule has 1 aliphatic heterocycles. The fourth-order valence-electron chi connectivity index (χ4n) is 9.48. The van der Waals surface area contributed by atoms with Gasteiger partial charge in [-0.3, -0.25) is 9.97 Å². The second-order valence-corrected chi connectivity index (χ2v) is 18.0. The summed E-state index contributed by atoms with van der Waals surface area (Å²) in [7, 11) is 0. The Kier molecular flexibility index (Phi) is 8.44. The number of ether oxygens (including phenoxy) is 1. The van der Waals surface area contributed by atoms with Crippen molar-refractivity contribution in [2.45, 2.75) is 57.8 Å². The third kappa shape index (κ3) is 5.51. The standard InChI is InChI=1S/C55H42N2O.Pt/c1-53(2,3)33-23-27-47-45(31-33)55(46-32-34(54(4,5)6)24-28-48(46)58-47,49-29-25-43-39-19-9-7-15-35(39)37-17-11-13-21-41(37)51(43)56-49)50-30-26-44-40-20-10-8-16-36(40)38-18-12-14-22-42(38)52(44)57-50;/h7-20,23-32H,1-6H3;/q-2;+2. The second kappa shape index (κ2) is 13.3. The fourth-order valence-corrected chi connectivity index (χ4v) is 9.48. The van der Waals surface area contributed by atoms with Crippen molar-refractivity contribution in [2.75, 3.05) is 0 Å². The van der Waals surface area contributed by atoms with Crippen molar-refractivity contribution in [3.05, 3.63) is 191 Å². The van der Waals surface area contributed by atoms with Gasteiger partial charge in [0, 0.05) is 11.1 Å². The molecule has 3 nitrogen and oxygen atoms in total. The summed E-state index contributed by atoms with van der Waals surface area (Å²) in [4.78, 5) is 11.7. The molecule has 0 unspecified atom stereocenters. The smallest absolute Gasteiger partial charge is 0.457 e. The van der Waals surface area contributed by atoms with Crippen LogP contribution in [0.5, 0.6) is 11.5 Å². The van der Waals surface area contributed by atoms with E-state index < -0.39 is 5.41 Å². The molecule has 8 aromatic carbocycles. The number of aromatic nitrogens is 2. The van der Waals surface area contributed by atoms with E-state index in [2.05, 4.69) is 187 Å². The Morgan fingerprint density at radius 2 is 0.831 bits per heavy atom. The van der Waals surface area contributed by atoms with E-state index in [9.17, 15) is 0 Å².